The number of benzene rings is 1. The van der Waals surface area contributed by atoms with Gasteiger partial charge in [-0.15, -0.1) is 0 Å². The second-order valence-corrected chi connectivity index (χ2v) is 5.05. The normalized spacial score (nSPS) is 11.4. The highest BCUT2D eigenvalue weighted by molar-refractivity contribution is 9.10. The first-order chi connectivity index (χ1) is 7.65. The summed E-state index contributed by atoms with van der Waals surface area (Å²) in [5.74, 6) is 0. The lowest BCUT2D eigenvalue weighted by atomic mass is 10.2. The first-order valence-corrected chi connectivity index (χ1v) is 6.02. The van der Waals surface area contributed by atoms with Crippen molar-refractivity contribution in [1.29, 1.82) is 0 Å². The highest BCUT2D eigenvalue weighted by Gasteiger charge is 2.08. The molecule has 2 heterocycles. The van der Waals surface area contributed by atoms with Crippen LogP contribution in [0.4, 0.5) is 0 Å². The maximum atomic E-state index is 5.96. The van der Waals surface area contributed by atoms with Crippen molar-refractivity contribution in [2.24, 2.45) is 0 Å². The minimum atomic E-state index is 0.492. The summed E-state index contributed by atoms with van der Waals surface area (Å²) in [4.78, 5) is 4.36. The number of halogens is 3. The molecule has 0 aliphatic carbocycles. The van der Waals surface area contributed by atoms with Gasteiger partial charge in [0.2, 0.25) is 5.71 Å². The van der Waals surface area contributed by atoms with E-state index in [1.807, 2.05) is 6.07 Å². The Kier molecular flexibility index (Phi) is 2.35. The van der Waals surface area contributed by atoms with Crippen molar-refractivity contribution in [1.82, 2.24) is 4.98 Å². The van der Waals surface area contributed by atoms with Crippen molar-refractivity contribution in [2.45, 2.75) is 0 Å². The van der Waals surface area contributed by atoms with Crippen LogP contribution in [-0.2, 0) is 0 Å². The van der Waals surface area contributed by atoms with E-state index in [4.69, 9.17) is 27.6 Å². The Labute approximate surface area is 109 Å². The molecule has 0 aliphatic heterocycles. The molecule has 0 amide bonds. The third-order valence-electron chi connectivity index (χ3n) is 2.35. The van der Waals surface area contributed by atoms with E-state index in [0.717, 1.165) is 20.8 Å². The lowest BCUT2D eigenvalue weighted by Crippen LogP contribution is -1.80. The monoisotopic (exact) mass is 315 g/mol. The first-order valence-electron chi connectivity index (χ1n) is 4.47. The van der Waals surface area contributed by atoms with Gasteiger partial charge in [-0.2, -0.15) is 0 Å². The Hall–Kier alpha value is -0.770. The Morgan fingerprint density at radius 2 is 1.88 bits per heavy atom. The molecule has 80 valence electrons. The van der Waals surface area contributed by atoms with Crippen LogP contribution in [0.2, 0.25) is 10.0 Å². The SMILES string of the molecule is Clc1cc2cc3c(Br)coc3nc2cc1Cl. The fourth-order valence-corrected chi connectivity index (χ4v) is 2.29. The highest BCUT2D eigenvalue weighted by atomic mass is 79.9. The molecular formula is C11H4BrCl2NO. The molecule has 3 rings (SSSR count). The molecule has 0 saturated carbocycles. The minimum Gasteiger partial charge on any atom is -0.445 e. The molecule has 0 bridgehead atoms. The van der Waals surface area contributed by atoms with Crippen molar-refractivity contribution in [3.63, 3.8) is 0 Å². The molecule has 0 fully saturated rings. The Bertz CT molecular complexity index is 708. The quantitative estimate of drug-likeness (QED) is 0.580. The van der Waals surface area contributed by atoms with Gasteiger partial charge in [-0.1, -0.05) is 23.2 Å². The zero-order chi connectivity index (χ0) is 11.3. The predicted octanol–water partition coefficient (Wildman–Crippen LogP) is 5.05. The molecule has 0 spiro atoms. The van der Waals surface area contributed by atoms with Gasteiger partial charge in [-0.3, -0.25) is 0 Å². The van der Waals surface area contributed by atoms with Crippen LogP contribution in [0.25, 0.3) is 22.0 Å². The fraction of sp³-hybridized carbons (Fsp3) is 0. The number of nitrogens with zero attached hydrogens (tertiary/aromatic N) is 1. The predicted molar refractivity (Wildman–Crippen MR) is 69.2 cm³/mol. The molecule has 0 atom stereocenters. The van der Waals surface area contributed by atoms with Gasteiger partial charge in [0.15, 0.2) is 0 Å². The molecule has 3 aromatic rings. The van der Waals surface area contributed by atoms with Crippen LogP contribution >= 0.6 is 39.1 Å². The molecule has 16 heavy (non-hydrogen) atoms. The Morgan fingerprint density at radius 1 is 1.12 bits per heavy atom. The second-order valence-electron chi connectivity index (χ2n) is 3.38. The van der Waals surface area contributed by atoms with E-state index in [9.17, 15) is 0 Å². The average molecular weight is 317 g/mol. The molecule has 0 saturated heterocycles. The fourth-order valence-electron chi connectivity index (χ4n) is 1.58. The number of furan rings is 1. The summed E-state index contributed by atoms with van der Waals surface area (Å²) in [6.45, 7) is 0. The molecule has 2 aromatic heterocycles. The molecule has 5 heteroatoms. The largest absolute Gasteiger partial charge is 0.445 e. The van der Waals surface area contributed by atoms with Crippen LogP contribution in [0.5, 0.6) is 0 Å². The van der Waals surface area contributed by atoms with Gasteiger partial charge in [-0.05, 0) is 34.1 Å². The van der Waals surface area contributed by atoms with E-state index in [2.05, 4.69) is 20.9 Å². The van der Waals surface area contributed by atoms with Crippen LogP contribution in [-0.4, -0.2) is 4.98 Å². The Balaban J connectivity index is 2.48. The van der Waals surface area contributed by atoms with Crippen LogP contribution in [0.1, 0.15) is 0 Å². The zero-order valence-corrected chi connectivity index (χ0v) is 10.9. The lowest BCUT2D eigenvalue weighted by Gasteiger charge is -2.00. The van der Waals surface area contributed by atoms with E-state index < -0.39 is 0 Å². The van der Waals surface area contributed by atoms with Gasteiger partial charge >= 0.3 is 0 Å². The van der Waals surface area contributed by atoms with E-state index in [0.29, 0.717) is 15.8 Å². The molecule has 0 aliphatic rings. The summed E-state index contributed by atoms with van der Waals surface area (Å²) in [5.41, 5.74) is 1.35. The Morgan fingerprint density at radius 3 is 2.69 bits per heavy atom. The van der Waals surface area contributed by atoms with E-state index >= 15 is 0 Å². The molecule has 0 N–H and O–H groups in total. The van der Waals surface area contributed by atoms with Crippen LogP contribution in [0.3, 0.4) is 0 Å². The van der Waals surface area contributed by atoms with E-state index in [1.54, 1.807) is 18.4 Å². The number of fused-ring (bicyclic) bond motifs is 2. The van der Waals surface area contributed by atoms with Gasteiger partial charge in [-0.25, -0.2) is 4.98 Å². The molecule has 0 unspecified atom stereocenters. The van der Waals surface area contributed by atoms with Gasteiger partial charge < -0.3 is 4.42 Å². The summed E-state index contributed by atoms with van der Waals surface area (Å²) in [6.07, 6.45) is 1.61. The molecule has 1 aromatic carbocycles. The third-order valence-corrected chi connectivity index (χ3v) is 3.69. The van der Waals surface area contributed by atoms with E-state index in [-0.39, 0.29) is 0 Å². The second kappa shape index (κ2) is 3.62. The number of pyridine rings is 1. The van der Waals surface area contributed by atoms with Crippen LogP contribution in [0, 0.1) is 0 Å². The number of aromatic nitrogens is 1. The van der Waals surface area contributed by atoms with Crippen LogP contribution in [0.15, 0.2) is 33.4 Å². The maximum absolute atomic E-state index is 5.96. The maximum Gasteiger partial charge on any atom is 0.227 e. The third kappa shape index (κ3) is 1.51. The number of hydrogen-bond acceptors (Lipinski definition) is 2. The topological polar surface area (TPSA) is 26.0 Å². The van der Waals surface area contributed by atoms with Crippen molar-refractivity contribution >= 4 is 61.1 Å². The van der Waals surface area contributed by atoms with Gasteiger partial charge in [0.1, 0.15) is 6.26 Å². The summed E-state index contributed by atoms with van der Waals surface area (Å²) in [7, 11) is 0. The minimum absolute atomic E-state index is 0.492. The lowest BCUT2D eigenvalue weighted by molar-refractivity contribution is 0.603. The highest BCUT2D eigenvalue weighted by Crippen LogP contribution is 2.31. The van der Waals surface area contributed by atoms with Gasteiger partial charge in [0.05, 0.1) is 25.4 Å². The first kappa shape index (κ1) is 10.4. The van der Waals surface area contributed by atoms with Crippen molar-refractivity contribution in [3.8, 4) is 0 Å². The summed E-state index contributed by atoms with van der Waals surface area (Å²) in [5, 5.41) is 2.87. The molecule has 2 nitrogen and oxygen atoms in total. The summed E-state index contributed by atoms with van der Waals surface area (Å²) >= 11 is 15.3. The smallest absolute Gasteiger partial charge is 0.227 e. The molecular weight excluding hydrogens is 313 g/mol. The summed E-state index contributed by atoms with van der Waals surface area (Å²) < 4.78 is 6.17. The number of hydrogen-bond donors (Lipinski definition) is 0. The molecule has 0 radical (unpaired) electrons. The van der Waals surface area contributed by atoms with Gasteiger partial charge in [0, 0.05) is 5.39 Å². The van der Waals surface area contributed by atoms with E-state index in [1.165, 1.54) is 0 Å². The van der Waals surface area contributed by atoms with Crippen molar-refractivity contribution < 1.29 is 4.42 Å². The standard InChI is InChI=1S/C11H4BrCl2NO/c12-7-4-16-11-6(7)1-5-2-8(13)9(14)3-10(5)15-11/h1-4H. The number of rotatable bonds is 0. The van der Waals surface area contributed by atoms with Crippen molar-refractivity contribution in [2.75, 3.05) is 0 Å². The average Bonchev–Trinajstić information content (AvgIpc) is 2.59. The van der Waals surface area contributed by atoms with Gasteiger partial charge in [0.25, 0.3) is 0 Å². The summed E-state index contributed by atoms with van der Waals surface area (Å²) in [6, 6.07) is 5.49. The van der Waals surface area contributed by atoms with Crippen LogP contribution < -0.4 is 0 Å². The van der Waals surface area contributed by atoms with Crippen molar-refractivity contribution in [3.05, 3.63) is 39.0 Å². The zero-order valence-electron chi connectivity index (χ0n) is 7.80.